The Bertz CT molecular complexity index is 430. The number of carbonyl (C=O) groups excluding carboxylic acids is 2. The summed E-state index contributed by atoms with van der Waals surface area (Å²) >= 11 is 0. The lowest BCUT2D eigenvalue weighted by atomic mass is 9.68. The van der Waals surface area contributed by atoms with Crippen LogP contribution in [0.5, 0.6) is 0 Å². The van der Waals surface area contributed by atoms with Crippen molar-refractivity contribution in [1.29, 1.82) is 0 Å². The molecule has 5 unspecified atom stereocenters. The molecular weight excluding hydrogens is 324 g/mol. The molecule has 1 heterocycles. The summed E-state index contributed by atoms with van der Waals surface area (Å²) in [4.78, 5) is 24.0. The number of hydrogen-bond acceptors (Lipinski definition) is 3. The molecule has 0 radical (unpaired) electrons. The number of rotatable bonds is 11. The predicted molar refractivity (Wildman–Crippen MR) is 107 cm³/mol. The van der Waals surface area contributed by atoms with Gasteiger partial charge in [0.05, 0.1) is 12.3 Å². The van der Waals surface area contributed by atoms with E-state index >= 15 is 0 Å². The molecule has 0 aromatic heterocycles. The molecule has 1 fully saturated rings. The fourth-order valence-corrected chi connectivity index (χ4v) is 5.53. The molecule has 0 N–H and O–H groups in total. The van der Waals surface area contributed by atoms with Crippen LogP contribution >= 0.6 is 0 Å². The van der Waals surface area contributed by atoms with E-state index < -0.39 is 0 Å². The van der Waals surface area contributed by atoms with E-state index in [1.165, 1.54) is 12.8 Å². The molecule has 0 aromatic carbocycles. The van der Waals surface area contributed by atoms with Gasteiger partial charge in [0.15, 0.2) is 0 Å². The number of cyclic esters (lactones) is 2. The van der Waals surface area contributed by atoms with Gasteiger partial charge in [-0.15, -0.1) is 0 Å². The van der Waals surface area contributed by atoms with Gasteiger partial charge >= 0.3 is 11.9 Å². The highest BCUT2D eigenvalue weighted by Gasteiger charge is 2.43. The van der Waals surface area contributed by atoms with Gasteiger partial charge in [0.25, 0.3) is 0 Å². The highest BCUT2D eigenvalue weighted by molar-refractivity contribution is 5.94. The highest BCUT2D eigenvalue weighted by Crippen LogP contribution is 2.41. The minimum absolute atomic E-state index is 0.234. The minimum Gasteiger partial charge on any atom is -0.393 e. The molecule has 0 spiro atoms. The fourth-order valence-electron chi connectivity index (χ4n) is 5.53. The van der Waals surface area contributed by atoms with E-state index in [2.05, 4.69) is 55.4 Å². The highest BCUT2D eigenvalue weighted by atomic mass is 16.6. The van der Waals surface area contributed by atoms with Crippen molar-refractivity contribution in [1.82, 2.24) is 0 Å². The maximum absolute atomic E-state index is 12.3. The van der Waals surface area contributed by atoms with Crippen LogP contribution in [0, 0.1) is 47.3 Å². The monoisotopic (exact) mass is 366 g/mol. The molecule has 3 heteroatoms. The van der Waals surface area contributed by atoms with Gasteiger partial charge in [-0.3, -0.25) is 9.59 Å². The van der Waals surface area contributed by atoms with E-state index in [1.54, 1.807) is 0 Å². The van der Waals surface area contributed by atoms with Crippen LogP contribution in [0.1, 0.15) is 87.5 Å². The molecule has 3 nitrogen and oxygen atoms in total. The Hall–Kier alpha value is -0.860. The second-order valence-corrected chi connectivity index (χ2v) is 10.1. The summed E-state index contributed by atoms with van der Waals surface area (Å²) < 4.78 is 4.92. The molecule has 1 rings (SSSR count). The van der Waals surface area contributed by atoms with Crippen molar-refractivity contribution in [3.8, 4) is 0 Å². The van der Waals surface area contributed by atoms with Crippen molar-refractivity contribution in [2.24, 2.45) is 47.3 Å². The van der Waals surface area contributed by atoms with E-state index in [1.807, 2.05) is 0 Å². The first-order valence-electron chi connectivity index (χ1n) is 10.8. The number of hydrogen-bond donors (Lipinski definition) is 0. The zero-order chi connectivity index (χ0) is 20.0. The second kappa shape index (κ2) is 10.5. The zero-order valence-electron chi connectivity index (χ0n) is 18.4. The van der Waals surface area contributed by atoms with E-state index in [4.69, 9.17) is 4.74 Å². The molecule has 1 aliphatic rings. The van der Waals surface area contributed by atoms with Crippen molar-refractivity contribution in [3.05, 3.63) is 0 Å². The van der Waals surface area contributed by atoms with Crippen LogP contribution in [0.4, 0.5) is 0 Å². The van der Waals surface area contributed by atoms with Gasteiger partial charge in [-0.1, -0.05) is 55.4 Å². The number of esters is 2. The molecule has 1 saturated heterocycles. The van der Waals surface area contributed by atoms with E-state index in [0.29, 0.717) is 35.5 Å². The molecule has 0 bridgehead atoms. The van der Waals surface area contributed by atoms with E-state index in [0.717, 1.165) is 12.8 Å². The average Bonchev–Trinajstić information content (AvgIpc) is 2.75. The Balaban J connectivity index is 2.87. The molecule has 1 aliphatic heterocycles. The fraction of sp³-hybridized carbons (Fsp3) is 0.913. The lowest BCUT2D eigenvalue weighted by molar-refractivity contribution is -0.154. The van der Waals surface area contributed by atoms with Gasteiger partial charge in [0.2, 0.25) is 0 Å². The van der Waals surface area contributed by atoms with E-state index in [9.17, 15) is 9.59 Å². The standard InChI is InChI=1S/C23H42O3/c1-14(2)9-16(5)11-18(7)22(20-13-21(24)26-23(20)25)19(8)12-17(6)10-15(3)4/h14-20,22H,9-13H2,1-8H3. The molecule has 0 aromatic rings. The predicted octanol–water partition coefficient (Wildman–Crippen LogP) is 6.11. The second-order valence-electron chi connectivity index (χ2n) is 10.1. The summed E-state index contributed by atoms with van der Waals surface area (Å²) in [6.45, 7) is 18.3. The van der Waals surface area contributed by atoms with Gasteiger partial charge in [0, 0.05) is 0 Å². The van der Waals surface area contributed by atoms with Gasteiger partial charge < -0.3 is 4.74 Å². The van der Waals surface area contributed by atoms with Crippen LogP contribution in [0.25, 0.3) is 0 Å². The first-order chi connectivity index (χ1) is 12.0. The lowest BCUT2D eigenvalue weighted by Gasteiger charge is -2.35. The molecule has 0 amide bonds. The summed E-state index contributed by atoms with van der Waals surface area (Å²) in [5, 5.41) is 0. The Labute approximate surface area is 161 Å². The van der Waals surface area contributed by atoms with Crippen LogP contribution in [0.2, 0.25) is 0 Å². The summed E-state index contributed by atoms with van der Waals surface area (Å²) in [6.07, 6.45) is 4.93. The quantitative estimate of drug-likeness (QED) is 0.327. The van der Waals surface area contributed by atoms with Crippen LogP contribution in [0.15, 0.2) is 0 Å². The van der Waals surface area contributed by atoms with Crippen molar-refractivity contribution in [3.63, 3.8) is 0 Å². The topological polar surface area (TPSA) is 43.4 Å². The van der Waals surface area contributed by atoms with Crippen LogP contribution in [0.3, 0.4) is 0 Å². The van der Waals surface area contributed by atoms with Gasteiger partial charge in [-0.25, -0.2) is 0 Å². The van der Waals surface area contributed by atoms with Crippen molar-refractivity contribution >= 4 is 11.9 Å². The van der Waals surface area contributed by atoms with Gasteiger partial charge in [-0.05, 0) is 67.1 Å². The maximum atomic E-state index is 12.3. The van der Waals surface area contributed by atoms with E-state index in [-0.39, 0.29) is 30.2 Å². The van der Waals surface area contributed by atoms with Gasteiger partial charge in [-0.2, -0.15) is 0 Å². The Kier molecular flexibility index (Phi) is 9.33. The smallest absolute Gasteiger partial charge is 0.317 e. The number of carbonyl (C=O) groups is 2. The SMILES string of the molecule is CC(C)CC(C)CC(C)C(C(C)CC(C)CC(C)C)C1CC(=O)OC1=O. The summed E-state index contributed by atoms with van der Waals surface area (Å²) in [5.74, 6) is 2.88. The Morgan fingerprint density at radius 2 is 1.19 bits per heavy atom. The number of ether oxygens (including phenoxy) is 1. The summed E-state index contributed by atoms with van der Waals surface area (Å²) in [5.41, 5.74) is 0. The third kappa shape index (κ3) is 7.40. The van der Waals surface area contributed by atoms with Crippen molar-refractivity contribution in [2.75, 3.05) is 0 Å². The van der Waals surface area contributed by atoms with Crippen LogP contribution < -0.4 is 0 Å². The Morgan fingerprint density at radius 1 is 0.769 bits per heavy atom. The van der Waals surface area contributed by atoms with Crippen LogP contribution in [-0.2, 0) is 14.3 Å². The summed E-state index contributed by atoms with van der Waals surface area (Å²) in [6, 6.07) is 0. The molecule has 5 atom stereocenters. The minimum atomic E-state index is -0.338. The van der Waals surface area contributed by atoms with Crippen molar-refractivity contribution in [2.45, 2.75) is 87.5 Å². The normalized spacial score (nSPS) is 23.8. The molecule has 26 heavy (non-hydrogen) atoms. The summed E-state index contributed by atoms with van der Waals surface area (Å²) in [7, 11) is 0. The molecule has 152 valence electrons. The molecule has 0 saturated carbocycles. The van der Waals surface area contributed by atoms with Crippen LogP contribution in [-0.4, -0.2) is 11.9 Å². The third-order valence-electron chi connectivity index (χ3n) is 5.98. The molecule has 0 aliphatic carbocycles. The van der Waals surface area contributed by atoms with Crippen molar-refractivity contribution < 1.29 is 14.3 Å². The Morgan fingerprint density at radius 3 is 1.50 bits per heavy atom. The molecular formula is C23H42O3. The first kappa shape index (κ1) is 23.2. The average molecular weight is 367 g/mol. The zero-order valence-corrected chi connectivity index (χ0v) is 18.4. The van der Waals surface area contributed by atoms with Gasteiger partial charge in [0.1, 0.15) is 0 Å². The largest absolute Gasteiger partial charge is 0.393 e. The first-order valence-corrected chi connectivity index (χ1v) is 10.8. The third-order valence-corrected chi connectivity index (χ3v) is 5.98. The lowest BCUT2D eigenvalue weighted by Crippen LogP contribution is -2.33. The maximum Gasteiger partial charge on any atom is 0.317 e.